The number of aliphatic imine (C=N–C) groups is 1. The third kappa shape index (κ3) is 7.31. The number of aromatic nitrogens is 1. The van der Waals surface area contributed by atoms with Gasteiger partial charge in [-0.25, -0.2) is 9.98 Å². The molecule has 0 saturated carbocycles. The molecule has 1 unspecified atom stereocenters. The molecule has 28 heavy (non-hydrogen) atoms. The predicted octanol–water partition coefficient (Wildman–Crippen LogP) is 3.39. The molecule has 0 saturated heterocycles. The first-order chi connectivity index (χ1) is 12.8. The Morgan fingerprint density at radius 2 is 1.93 bits per heavy atom. The Kier molecular flexibility index (Phi) is 9.74. The molecule has 0 fully saturated rings. The number of oxazole rings is 1. The molecule has 8 heteroatoms. The summed E-state index contributed by atoms with van der Waals surface area (Å²) in [5.41, 5.74) is 0.724. The zero-order chi connectivity index (χ0) is 19.9. The van der Waals surface area contributed by atoms with Gasteiger partial charge >= 0.3 is 0 Å². The molecule has 1 heterocycles. The molecule has 0 spiro atoms. The van der Waals surface area contributed by atoms with Crippen LogP contribution in [0.4, 0.5) is 0 Å². The van der Waals surface area contributed by atoms with Gasteiger partial charge in [-0.05, 0) is 24.6 Å². The summed E-state index contributed by atoms with van der Waals surface area (Å²) in [5, 5.41) is 16.7. The van der Waals surface area contributed by atoms with Crippen molar-refractivity contribution in [3.05, 3.63) is 47.7 Å². The lowest BCUT2D eigenvalue weighted by Crippen LogP contribution is -2.39. The van der Waals surface area contributed by atoms with Crippen molar-refractivity contribution in [2.75, 3.05) is 20.2 Å². The first-order valence-corrected chi connectivity index (χ1v) is 9.13. The van der Waals surface area contributed by atoms with Crippen LogP contribution in [0.5, 0.6) is 5.75 Å². The standard InChI is InChI=1S/C20H30N4O3.HI/c1-6-21-19(24-13-18-22-12-17(27-18)20(2,3)4)23-11-16(25)14-7-9-15(26-5)10-8-14;/h7-10,12,16,25H,6,11,13H2,1-5H3,(H2,21,23,24);1H. The van der Waals surface area contributed by atoms with Gasteiger partial charge in [0.2, 0.25) is 5.89 Å². The Hall–Kier alpha value is -1.81. The average molecular weight is 502 g/mol. The maximum absolute atomic E-state index is 10.4. The van der Waals surface area contributed by atoms with Crippen LogP contribution in [-0.2, 0) is 12.0 Å². The molecular weight excluding hydrogens is 471 g/mol. The van der Waals surface area contributed by atoms with Crippen LogP contribution in [0.3, 0.4) is 0 Å². The van der Waals surface area contributed by atoms with Crippen molar-refractivity contribution in [2.45, 2.75) is 45.8 Å². The van der Waals surface area contributed by atoms with Crippen LogP contribution in [0.1, 0.15) is 51.0 Å². The molecule has 1 aromatic heterocycles. The highest BCUT2D eigenvalue weighted by molar-refractivity contribution is 14.0. The molecule has 0 amide bonds. The Morgan fingerprint density at radius 3 is 2.46 bits per heavy atom. The summed E-state index contributed by atoms with van der Waals surface area (Å²) in [6, 6.07) is 7.34. The zero-order valence-electron chi connectivity index (χ0n) is 17.2. The number of nitrogens with zero attached hydrogens (tertiary/aromatic N) is 2. The van der Waals surface area contributed by atoms with Gasteiger partial charge in [-0.1, -0.05) is 32.9 Å². The van der Waals surface area contributed by atoms with Gasteiger partial charge in [0.05, 0.1) is 19.4 Å². The number of hydrogen-bond donors (Lipinski definition) is 3. The van der Waals surface area contributed by atoms with Gasteiger partial charge in [-0.15, -0.1) is 24.0 Å². The fourth-order valence-electron chi connectivity index (χ4n) is 2.36. The van der Waals surface area contributed by atoms with Gasteiger partial charge in [0.1, 0.15) is 18.1 Å². The first-order valence-electron chi connectivity index (χ1n) is 9.13. The summed E-state index contributed by atoms with van der Waals surface area (Å²) in [7, 11) is 1.62. The van der Waals surface area contributed by atoms with Gasteiger partial charge < -0.3 is 24.9 Å². The lowest BCUT2D eigenvalue weighted by molar-refractivity contribution is 0.180. The Morgan fingerprint density at radius 1 is 1.25 bits per heavy atom. The number of benzene rings is 1. The topological polar surface area (TPSA) is 91.9 Å². The molecule has 0 bridgehead atoms. The minimum atomic E-state index is -0.658. The second kappa shape index (κ2) is 11.3. The molecule has 1 aromatic carbocycles. The van der Waals surface area contributed by atoms with Crippen LogP contribution in [-0.4, -0.2) is 36.2 Å². The maximum Gasteiger partial charge on any atom is 0.216 e. The number of nitrogens with one attached hydrogen (secondary N) is 2. The summed E-state index contributed by atoms with van der Waals surface area (Å²) < 4.78 is 10.9. The Labute approximate surface area is 184 Å². The molecule has 0 aliphatic carbocycles. The number of rotatable bonds is 7. The van der Waals surface area contributed by atoms with E-state index in [1.54, 1.807) is 13.3 Å². The third-order valence-electron chi connectivity index (χ3n) is 3.97. The van der Waals surface area contributed by atoms with E-state index in [1.807, 2.05) is 31.2 Å². The molecule has 0 aliphatic rings. The normalized spacial score (nSPS) is 12.9. The van der Waals surface area contributed by atoms with E-state index in [0.29, 0.717) is 31.5 Å². The summed E-state index contributed by atoms with van der Waals surface area (Å²) in [4.78, 5) is 8.76. The van der Waals surface area contributed by atoms with Crippen molar-refractivity contribution in [1.82, 2.24) is 15.6 Å². The van der Waals surface area contributed by atoms with Gasteiger partial charge in [-0.3, -0.25) is 0 Å². The molecule has 7 nitrogen and oxygen atoms in total. The van der Waals surface area contributed by atoms with Gasteiger partial charge in [-0.2, -0.15) is 0 Å². The molecular formula is C20H31IN4O3. The highest BCUT2D eigenvalue weighted by Gasteiger charge is 2.19. The molecule has 1 atom stereocenters. The molecule has 2 rings (SSSR count). The van der Waals surface area contributed by atoms with Crippen LogP contribution in [0, 0.1) is 0 Å². The Bertz CT molecular complexity index is 739. The first kappa shape index (κ1) is 24.2. The largest absolute Gasteiger partial charge is 0.497 e. The lowest BCUT2D eigenvalue weighted by atomic mass is 9.94. The van der Waals surface area contributed by atoms with E-state index in [-0.39, 0.29) is 29.4 Å². The highest BCUT2D eigenvalue weighted by atomic mass is 127. The van der Waals surface area contributed by atoms with Crippen molar-refractivity contribution in [2.24, 2.45) is 4.99 Å². The van der Waals surface area contributed by atoms with Crippen molar-refractivity contribution >= 4 is 29.9 Å². The van der Waals surface area contributed by atoms with E-state index in [0.717, 1.165) is 17.1 Å². The van der Waals surface area contributed by atoms with E-state index in [1.165, 1.54) is 0 Å². The van der Waals surface area contributed by atoms with Crippen molar-refractivity contribution < 1.29 is 14.3 Å². The molecule has 0 radical (unpaired) electrons. The van der Waals surface area contributed by atoms with Crippen molar-refractivity contribution in [3.8, 4) is 5.75 Å². The van der Waals surface area contributed by atoms with Crippen molar-refractivity contribution in [3.63, 3.8) is 0 Å². The smallest absolute Gasteiger partial charge is 0.216 e. The van der Waals surface area contributed by atoms with Crippen LogP contribution in [0.15, 0.2) is 39.9 Å². The van der Waals surface area contributed by atoms with E-state index in [2.05, 4.69) is 41.4 Å². The van der Waals surface area contributed by atoms with Crippen molar-refractivity contribution in [1.29, 1.82) is 0 Å². The quantitative estimate of drug-likeness (QED) is 0.306. The SMILES string of the molecule is CCNC(=NCc1ncc(C(C)(C)C)o1)NCC(O)c1ccc(OC)cc1.I. The third-order valence-corrected chi connectivity index (χ3v) is 3.97. The molecule has 3 N–H and O–H groups in total. The zero-order valence-corrected chi connectivity index (χ0v) is 19.5. The predicted molar refractivity (Wildman–Crippen MR) is 121 cm³/mol. The fraction of sp³-hybridized carbons (Fsp3) is 0.500. The molecule has 0 aliphatic heterocycles. The number of guanidine groups is 1. The minimum absolute atomic E-state index is 0. The summed E-state index contributed by atoms with van der Waals surface area (Å²) in [6.45, 7) is 9.58. The Balaban J connectivity index is 0.00000392. The van der Waals surface area contributed by atoms with Gasteiger partial charge in [0.15, 0.2) is 5.96 Å². The number of methoxy groups -OCH3 is 1. The van der Waals surface area contributed by atoms with E-state index < -0.39 is 6.10 Å². The second-order valence-electron chi connectivity index (χ2n) is 7.23. The number of aliphatic hydroxyl groups is 1. The van der Waals surface area contributed by atoms with E-state index in [9.17, 15) is 5.11 Å². The van der Waals surface area contributed by atoms with Crippen LogP contribution in [0.25, 0.3) is 0 Å². The highest BCUT2D eigenvalue weighted by Crippen LogP contribution is 2.22. The van der Waals surface area contributed by atoms with E-state index >= 15 is 0 Å². The maximum atomic E-state index is 10.4. The summed E-state index contributed by atoms with van der Waals surface area (Å²) in [5.74, 6) is 2.75. The van der Waals surface area contributed by atoms with Gasteiger partial charge in [0.25, 0.3) is 0 Å². The lowest BCUT2D eigenvalue weighted by Gasteiger charge is -2.15. The van der Waals surface area contributed by atoms with Crippen LogP contribution < -0.4 is 15.4 Å². The summed E-state index contributed by atoms with van der Waals surface area (Å²) in [6.07, 6.45) is 1.09. The van der Waals surface area contributed by atoms with Crippen LogP contribution in [0.2, 0.25) is 0 Å². The average Bonchev–Trinajstić information content (AvgIpc) is 3.13. The number of halogens is 1. The van der Waals surface area contributed by atoms with E-state index in [4.69, 9.17) is 9.15 Å². The number of hydrogen-bond acceptors (Lipinski definition) is 5. The second-order valence-corrected chi connectivity index (χ2v) is 7.23. The minimum Gasteiger partial charge on any atom is -0.497 e. The van der Waals surface area contributed by atoms with Gasteiger partial charge in [0, 0.05) is 18.5 Å². The monoisotopic (exact) mass is 502 g/mol. The summed E-state index contributed by atoms with van der Waals surface area (Å²) >= 11 is 0. The number of ether oxygens (including phenoxy) is 1. The fourth-order valence-corrected chi connectivity index (χ4v) is 2.36. The van der Waals surface area contributed by atoms with Crippen LogP contribution >= 0.6 is 24.0 Å². The number of aliphatic hydroxyl groups excluding tert-OH is 1. The molecule has 2 aromatic rings. The molecule has 156 valence electrons.